The van der Waals surface area contributed by atoms with Crippen molar-refractivity contribution in [2.75, 3.05) is 0 Å². The van der Waals surface area contributed by atoms with Crippen LogP contribution in [0.15, 0.2) is 12.3 Å². The molecule has 0 saturated carbocycles. The quantitative estimate of drug-likeness (QED) is 0.506. The van der Waals surface area contributed by atoms with Gasteiger partial charge in [0.1, 0.15) is 0 Å². The average molecular weight is 113 g/mol. The maximum absolute atomic E-state index is 3.14. The fourth-order valence-electron chi connectivity index (χ4n) is 0.573. The van der Waals surface area contributed by atoms with E-state index >= 15 is 0 Å². The van der Waals surface area contributed by atoms with E-state index in [1.165, 1.54) is 6.42 Å². The van der Waals surface area contributed by atoms with E-state index in [-0.39, 0.29) is 0 Å². The van der Waals surface area contributed by atoms with Crippen molar-refractivity contribution in [3.8, 4) is 0 Å². The first kappa shape index (κ1) is 7.54. The zero-order valence-corrected chi connectivity index (χ0v) is 5.94. The molecule has 1 aliphatic rings. The lowest BCUT2D eigenvalue weighted by atomic mass is 10.3. The third-order valence-electron chi connectivity index (χ3n) is 0.988. The molecule has 1 nitrogen and oxygen atoms in total. The molecule has 1 unspecified atom stereocenters. The molecule has 1 aliphatic heterocycles. The van der Waals surface area contributed by atoms with Crippen LogP contribution < -0.4 is 5.32 Å². The van der Waals surface area contributed by atoms with E-state index < -0.39 is 0 Å². The number of hydrogen-bond donors (Lipinski definition) is 1. The molecule has 1 atom stereocenters. The van der Waals surface area contributed by atoms with Crippen molar-refractivity contribution in [1.29, 1.82) is 0 Å². The molecule has 0 aromatic heterocycles. The molecule has 1 N–H and O–H groups in total. The van der Waals surface area contributed by atoms with Crippen molar-refractivity contribution in [1.82, 2.24) is 5.32 Å². The molecular formula is C7H15N. The van der Waals surface area contributed by atoms with E-state index in [0.29, 0.717) is 6.04 Å². The van der Waals surface area contributed by atoms with Gasteiger partial charge in [0, 0.05) is 6.04 Å². The topological polar surface area (TPSA) is 12.0 Å². The highest BCUT2D eigenvalue weighted by atomic mass is 14.9. The third-order valence-corrected chi connectivity index (χ3v) is 0.988. The van der Waals surface area contributed by atoms with Gasteiger partial charge in [0.05, 0.1) is 0 Å². The lowest BCUT2D eigenvalue weighted by Crippen LogP contribution is -2.12. The van der Waals surface area contributed by atoms with Gasteiger partial charge in [0.2, 0.25) is 0 Å². The summed E-state index contributed by atoms with van der Waals surface area (Å²) in [4.78, 5) is 0. The molecule has 8 heavy (non-hydrogen) atoms. The van der Waals surface area contributed by atoms with Crippen LogP contribution in [0.3, 0.4) is 0 Å². The standard InChI is InChI=1S/C5H9N.C2H6/c1-5-3-2-4-6-5;1-2/h2,4-6H,3H2,1H3;1-2H3. The van der Waals surface area contributed by atoms with Crippen LogP contribution in [0.2, 0.25) is 0 Å². The second kappa shape index (κ2) is 4.69. The maximum atomic E-state index is 3.14. The average Bonchev–Trinajstić information content (AvgIpc) is 2.24. The summed E-state index contributed by atoms with van der Waals surface area (Å²) in [6, 6.07) is 0.685. The van der Waals surface area contributed by atoms with E-state index in [9.17, 15) is 0 Å². The van der Waals surface area contributed by atoms with Gasteiger partial charge in [-0.25, -0.2) is 0 Å². The smallest absolute Gasteiger partial charge is 0.0262 e. The van der Waals surface area contributed by atoms with Crippen LogP contribution in [-0.2, 0) is 0 Å². The molecular weight excluding hydrogens is 98.1 g/mol. The molecule has 1 heterocycles. The Balaban J connectivity index is 0.000000222. The molecule has 48 valence electrons. The fourth-order valence-corrected chi connectivity index (χ4v) is 0.573. The number of nitrogens with one attached hydrogen (secondary N) is 1. The molecule has 1 rings (SSSR count). The van der Waals surface area contributed by atoms with Gasteiger partial charge in [-0.3, -0.25) is 0 Å². The Labute approximate surface area is 51.8 Å². The van der Waals surface area contributed by atoms with Crippen LogP contribution in [0.25, 0.3) is 0 Å². The molecule has 0 fully saturated rings. The second-order valence-corrected chi connectivity index (χ2v) is 1.71. The Morgan fingerprint density at radius 2 is 2.12 bits per heavy atom. The normalized spacial score (nSPS) is 23.6. The summed E-state index contributed by atoms with van der Waals surface area (Å²) >= 11 is 0. The minimum Gasteiger partial charge on any atom is -0.388 e. The van der Waals surface area contributed by atoms with Crippen molar-refractivity contribution < 1.29 is 0 Å². The number of hydrogen-bond acceptors (Lipinski definition) is 1. The lowest BCUT2D eigenvalue weighted by molar-refractivity contribution is 0.690. The van der Waals surface area contributed by atoms with Gasteiger partial charge in [-0.05, 0) is 19.5 Å². The molecule has 0 bridgehead atoms. The van der Waals surface area contributed by atoms with Gasteiger partial charge < -0.3 is 5.32 Å². The third kappa shape index (κ3) is 2.67. The first-order valence-electron chi connectivity index (χ1n) is 3.30. The maximum Gasteiger partial charge on any atom is 0.0262 e. The van der Waals surface area contributed by atoms with E-state index in [1.807, 2.05) is 20.0 Å². The van der Waals surface area contributed by atoms with Gasteiger partial charge >= 0.3 is 0 Å². The zero-order chi connectivity index (χ0) is 6.41. The zero-order valence-electron chi connectivity index (χ0n) is 5.94. The van der Waals surface area contributed by atoms with Gasteiger partial charge in [-0.2, -0.15) is 0 Å². The second-order valence-electron chi connectivity index (χ2n) is 1.71. The Morgan fingerprint density at radius 3 is 2.25 bits per heavy atom. The fraction of sp³-hybridized carbons (Fsp3) is 0.714. The van der Waals surface area contributed by atoms with Crippen molar-refractivity contribution in [3.63, 3.8) is 0 Å². The molecule has 0 aromatic rings. The van der Waals surface area contributed by atoms with E-state index in [1.54, 1.807) is 0 Å². The molecule has 0 amide bonds. The van der Waals surface area contributed by atoms with Crippen LogP contribution in [0.4, 0.5) is 0 Å². The summed E-state index contributed by atoms with van der Waals surface area (Å²) in [6.45, 7) is 6.17. The van der Waals surface area contributed by atoms with Crippen molar-refractivity contribution in [2.45, 2.75) is 33.2 Å². The van der Waals surface area contributed by atoms with E-state index in [2.05, 4.69) is 18.3 Å². The van der Waals surface area contributed by atoms with Crippen molar-refractivity contribution in [3.05, 3.63) is 12.3 Å². The van der Waals surface area contributed by atoms with Gasteiger partial charge in [-0.15, -0.1) is 0 Å². The summed E-state index contributed by atoms with van der Waals surface area (Å²) in [5.74, 6) is 0. The van der Waals surface area contributed by atoms with Gasteiger partial charge in [0.25, 0.3) is 0 Å². The molecule has 0 saturated heterocycles. The van der Waals surface area contributed by atoms with Crippen LogP contribution in [0, 0.1) is 0 Å². The van der Waals surface area contributed by atoms with Crippen LogP contribution in [0.5, 0.6) is 0 Å². The summed E-state index contributed by atoms with van der Waals surface area (Å²) in [5, 5.41) is 3.14. The summed E-state index contributed by atoms with van der Waals surface area (Å²) in [6.07, 6.45) is 5.34. The van der Waals surface area contributed by atoms with Crippen LogP contribution in [-0.4, -0.2) is 6.04 Å². The minimum absolute atomic E-state index is 0.685. The van der Waals surface area contributed by atoms with Crippen molar-refractivity contribution in [2.24, 2.45) is 0 Å². The predicted octanol–water partition coefficient (Wildman–Crippen LogP) is 1.91. The van der Waals surface area contributed by atoms with E-state index in [0.717, 1.165) is 0 Å². The highest BCUT2D eigenvalue weighted by Crippen LogP contribution is 1.96. The number of rotatable bonds is 0. The van der Waals surface area contributed by atoms with E-state index in [4.69, 9.17) is 0 Å². The van der Waals surface area contributed by atoms with Crippen LogP contribution in [0.1, 0.15) is 27.2 Å². The summed E-state index contributed by atoms with van der Waals surface area (Å²) in [5.41, 5.74) is 0. The SMILES string of the molecule is CC.CC1CC=CN1. The lowest BCUT2D eigenvalue weighted by Gasteiger charge is -1.97. The highest BCUT2D eigenvalue weighted by molar-refractivity contribution is 4.92. The molecule has 0 spiro atoms. The summed E-state index contributed by atoms with van der Waals surface area (Å²) < 4.78 is 0. The Morgan fingerprint density at radius 1 is 1.50 bits per heavy atom. The Kier molecular flexibility index (Phi) is 4.42. The molecule has 0 radical (unpaired) electrons. The van der Waals surface area contributed by atoms with Crippen LogP contribution >= 0.6 is 0 Å². The largest absolute Gasteiger partial charge is 0.388 e. The predicted molar refractivity (Wildman–Crippen MR) is 37.7 cm³/mol. The first-order valence-corrected chi connectivity index (χ1v) is 3.30. The van der Waals surface area contributed by atoms with Crippen molar-refractivity contribution >= 4 is 0 Å². The molecule has 0 aliphatic carbocycles. The minimum atomic E-state index is 0.685. The Hall–Kier alpha value is -0.460. The van der Waals surface area contributed by atoms with Gasteiger partial charge in [0.15, 0.2) is 0 Å². The monoisotopic (exact) mass is 113 g/mol. The van der Waals surface area contributed by atoms with Gasteiger partial charge in [-0.1, -0.05) is 19.9 Å². The molecule has 0 aromatic carbocycles. The summed E-state index contributed by atoms with van der Waals surface area (Å²) in [7, 11) is 0. The highest BCUT2D eigenvalue weighted by Gasteiger charge is 1.97. The molecule has 1 heteroatoms. The Bertz CT molecular complexity index is 58.8. The first-order chi connectivity index (χ1) is 3.89.